The predicted molar refractivity (Wildman–Crippen MR) is 76.3 cm³/mol. The maximum absolute atomic E-state index is 5.32. The number of likely N-dealkylation sites (N-methyl/N-ethyl adjacent to an activating group) is 1. The Morgan fingerprint density at radius 1 is 1.24 bits per heavy atom. The lowest BCUT2D eigenvalue weighted by molar-refractivity contribution is 0.282. The van der Waals surface area contributed by atoms with Gasteiger partial charge in [0.2, 0.25) is 0 Å². The van der Waals surface area contributed by atoms with Crippen molar-refractivity contribution in [1.82, 2.24) is 15.5 Å². The number of nitrogens with one attached hydrogen (secondary N) is 2. The zero-order chi connectivity index (χ0) is 12.1. The molecule has 2 aliphatic rings. The quantitative estimate of drug-likeness (QED) is 0.709. The molecule has 2 N–H and O–H groups in total. The fraction of sp³-hybridized carbons (Fsp3) is 0.923. The van der Waals surface area contributed by atoms with Gasteiger partial charge < -0.3 is 10.6 Å². The van der Waals surface area contributed by atoms with Crippen molar-refractivity contribution in [3.05, 3.63) is 0 Å². The molecule has 0 spiro atoms. The summed E-state index contributed by atoms with van der Waals surface area (Å²) in [5.74, 6) is 0. The van der Waals surface area contributed by atoms with Crippen molar-refractivity contribution in [2.75, 3.05) is 19.6 Å². The monoisotopic (exact) mass is 255 g/mol. The molecule has 2 rings (SSSR count). The van der Waals surface area contributed by atoms with E-state index in [2.05, 4.69) is 22.5 Å². The summed E-state index contributed by atoms with van der Waals surface area (Å²) in [6.07, 6.45) is 8.05. The molecule has 0 atom stereocenters. The highest BCUT2D eigenvalue weighted by Crippen LogP contribution is 2.25. The molecular formula is C13H25N3S. The predicted octanol–water partition coefficient (Wildman–Crippen LogP) is 1.88. The van der Waals surface area contributed by atoms with E-state index in [1.165, 1.54) is 38.5 Å². The van der Waals surface area contributed by atoms with E-state index in [-0.39, 0.29) is 0 Å². The molecule has 4 heteroatoms. The molecule has 98 valence electrons. The molecular weight excluding hydrogens is 230 g/mol. The minimum Gasteiger partial charge on any atom is -0.361 e. The summed E-state index contributed by atoms with van der Waals surface area (Å²) >= 11 is 5.32. The second-order valence-electron chi connectivity index (χ2n) is 5.24. The Hall–Kier alpha value is -0.350. The van der Waals surface area contributed by atoms with E-state index >= 15 is 0 Å². The van der Waals surface area contributed by atoms with E-state index < -0.39 is 0 Å². The van der Waals surface area contributed by atoms with Gasteiger partial charge in [-0.2, -0.15) is 0 Å². The van der Waals surface area contributed by atoms with Crippen molar-refractivity contribution >= 4 is 17.3 Å². The molecule has 2 fully saturated rings. The van der Waals surface area contributed by atoms with Crippen LogP contribution in [0.1, 0.15) is 45.4 Å². The Morgan fingerprint density at radius 3 is 2.53 bits per heavy atom. The van der Waals surface area contributed by atoms with Crippen LogP contribution in [0.15, 0.2) is 0 Å². The van der Waals surface area contributed by atoms with Gasteiger partial charge in [0.15, 0.2) is 5.11 Å². The summed E-state index contributed by atoms with van der Waals surface area (Å²) in [6, 6.07) is 1.49. The lowest BCUT2D eigenvalue weighted by atomic mass is 10.3. The fourth-order valence-electron chi connectivity index (χ4n) is 2.66. The summed E-state index contributed by atoms with van der Waals surface area (Å²) in [4.78, 5) is 2.55. The number of thiocarbonyl (C=S) groups is 1. The van der Waals surface area contributed by atoms with Crippen LogP contribution in [0, 0.1) is 0 Å². The van der Waals surface area contributed by atoms with Gasteiger partial charge in [0, 0.05) is 25.2 Å². The van der Waals surface area contributed by atoms with E-state index in [4.69, 9.17) is 12.2 Å². The first-order valence-corrected chi connectivity index (χ1v) is 7.49. The molecule has 2 aliphatic carbocycles. The number of hydrogen-bond acceptors (Lipinski definition) is 2. The average molecular weight is 255 g/mol. The molecule has 0 aromatic carbocycles. The van der Waals surface area contributed by atoms with Crippen LogP contribution in [0.5, 0.6) is 0 Å². The van der Waals surface area contributed by atoms with Gasteiger partial charge in [-0.15, -0.1) is 0 Å². The summed E-state index contributed by atoms with van der Waals surface area (Å²) in [5.41, 5.74) is 0. The standard InChI is InChI=1S/C13H25N3S/c1-2-16(12-7-8-12)10-9-14-13(17)15-11-5-3-4-6-11/h11-12H,2-10H2,1H3,(H2,14,15,17). The Morgan fingerprint density at radius 2 is 1.94 bits per heavy atom. The van der Waals surface area contributed by atoms with Crippen molar-refractivity contribution in [1.29, 1.82) is 0 Å². The molecule has 3 nitrogen and oxygen atoms in total. The van der Waals surface area contributed by atoms with Crippen LogP contribution in [0.4, 0.5) is 0 Å². The molecule has 0 aliphatic heterocycles. The molecule has 0 aromatic rings. The Labute approximate surface area is 110 Å². The number of rotatable bonds is 6. The molecule has 0 heterocycles. The minimum atomic E-state index is 0.626. The maximum atomic E-state index is 5.32. The second-order valence-corrected chi connectivity index (χ2v) is 5.65. The highest BCUT2D eigenvalue weighted by molar-refractivity contribution is 7.80. The van der Waals surface area contributed by atoms with Gasteiger partial charge in [-0.1, -0.05) is 19.8 Å². The largest absolute Gasteiger partial charge is 0.361 e. The third kappa shape index (κ3) is 4.43. The maximum Gasteiger partial charge on any atom is 0.166 e. The number of hydrogen-bond donors (Lipinski definition) is 2. The Bertz CT molecular complexity index is 247. The summed E-state index contributed by atoms with van der Waals surface area (Å²) < 4.78 is 0. The second kappa shape index (κ2) is 6.55. The Kier molecular flexibility index (Phi) is 5.04. The van der Waals surface area contributed by atoms with Crippen LogP contribution in [-0.2, 0) is 0 Å². The Balaban J connectivity index is 1.55. The van der Waals surface area contributed by atoms with Crippen molar-refractivity contribution in [2.24, 2.45) is 0 Å². The first kappa shape index (κ1) is 13.1. The van der Waals surface area contributed by atoms with Gasteiger partial charge in [0.05, 0.1) is 0 Å². The average Bonchev–Trinajstić information content (AvgIpc) is 3.03. The highest BCUT2D eigenvalue weighted by atomic mass is 32.1. The topological polar surface area (TPSA) is 27.3 Å². The van der Waals surface area contributed by atoms with Gasteiger partial charge in [0.1, 0.15) is 0 Å². The number of nitrogens with zero attached hydrogens (tertiary/aromatic N) is 1. The van der Waals surface area contributed by atoms with Crippen LogP contribution >= 0.6 is 12.2 Å². The molecule has 0 aromatic heterocycles. The van der Waals surface area contributed by atoms with Crippen molar-refractivity contribution in [2.45, 2.75) is 57.5 Å². The molecule has 0 saturated heterocycles. The molecule has 0 radical (unpaired) electrons. The summed E-state index contributed by atoms with van der Waals surface area (Å²) in [6.45, 7) is 5.50. The molecule has 0 amide bonds. The third-order valence-corrected chi connectivity index (χ3v) is 4.11. The van der Waals surface area contributed by atoms with E-state index in [0.29, 0.717) is 6.04 Å². The first-order valence-electron chi connectivity index (χ1n) is 7.08. The van der Waals surface area contributed by atoms with Gasteiger partial charge >= 0.3 is 0 Å². The normalized spacial score (nSPS) is 20.8. The van der Waals surface area contributed by atoms with Gasteiger partial charge in [-0.3, -0.25) is 4.90 Å². The van der Waals surface area contributed by atoms with E-state index in [1.807, 2.05) is 0 Å². The van der Waals surface area contributed by atoms with Gasteiger partial charge in [-0.05, 0) is 44.4 Å². The SMILES string of the molecule is CCN(CCNC(=S)NC1CCCC1)C1CC1. The van der Waals surface area contributed by atoms with Crippen molar-refractivity contribution in [3.8, 4) is 0 Å². The highest BCUT2D eigenvalue weighted by Gasteiger charge is 2.27. The van der Waals surface area contributed by atoms with E-state index in [0.717, 1.165) is 30.8 Å². The summed E-state index contributed by atoms with van der Waals surface area (Å²) in [7, 11) is 0. The van der Waals surface area contributed by atoms with Crippen molar-refractivity contribution < 1.29 is 0 Å². The van der Waals surface area contributed by atoms with Crippen LogP contribution in [-0.4, -0.2) is 41.7 Å². The lowest BCUT2D eigenvalue weighted by Crippen LogP contribution is -2.43. The zero-order valence-corrected chi connectivity index (χ0v) is 11.7. The van der Waals surface area contributed by atoms with Crippen molar-refractivity contribution in [3.63, 3.8) is 0 Å². The van der Waals surface area contributed by atoms with Crippen LogP contribution in [0.3, 0.4) is 0 Å². The van der Waals surface area contributed by atoms with Gasteiger partial charge in [0.25, 0.3) is 0 Å². The van der Waals surface area contributed by atoms with Crippen LogP contribution in [0.25, 0.3) is 0 Å². The lowest BCUT2D eigenvalue weighted by Gasteiger charge is -2.21. The minimum absolute atomic E-state index is 0.626. The molecule has 17 heavy (non-hydrogen) atoms. The van der Waals surface area contributed by atoms with Crippen LogP contribution in [0.2, 0.25) is 0 Å². The van der Waals surface area contributed by atoms with Crippen LogP contribution < -0.4 is 10.6 Å². The smallest absolute Gasteiger partial charge is 0.166 e. The summed E-state index contributed by atoms with van der Waals surface area (Å²) in [5, 5.41) is 7.60. The molecule has 0 bridgehead atoms. The first-order chi connectivity index (χ1) is 8.29. The third-order valence-electron chi connectivity index (χ3n) is 3.84. The fourth-order valence-corrected chi connectivity index (χ4v) is 2.93. The van der Waals surface area contributed by atoms with E-state index in [9.17, 15) is 0 Å². The zero-order valence-electron chi connectivity index (χ0n) is 10.9. The molecule has 0 unspecified atom stereocenters. The molecule has 2 saturated carbocycles. The van der Waals surface area contributed by atoms with E-state index in [1.54, 1.807) is 0 Å². The van der Waals surface area contributed by atoms with Gasteiger partial charge in [-0.25, -0.2) is 0 Å².